The lowest BCUT2D eigenvalue weighted by Crippen LogP contribution is -1.82. The largest absolute Gasteiger partial charge is 0.497 e. The van der Waals surface area contributed by atoms with Crippen LogP contribution in [0.15, 0.2) is 77.3 Å². The Morgan fingerprint density at radius 3 is 1.64 bits per heavy atom. The molecule has 0 spiro atoms. The molecule has 0 radical (unpaired) electrons. The fourth-order valence-electron chi connectivity index (χ4n) is 2.17. The van der Waals surface area contributed by atoms with Gasteiger partial charge in [0.25, 0.3) is 0 Å². The van der Waals surface area contributed by atoms with Crippen LogP contribution in [0.4, 0.5) is 0 Å². The second kappa shape index (κ2) is 8.25. The summed E-state index contributed by atoms with van der Waals surface area (Å²) < 4.78 is 6.20. The molecule has 0 heterocycles. The summed E-state index contributed by atoms with van der Waals surface area (Å²) in [5.74, 6) is 13.5. The number of hydrogen-bond donors (Lipinski definition) is 0. The van der Waals surface area contributed by atoms with Gasteiger partial charge in [-0.3, -0.25) is 0 Å². The zero-order chi connectivity index (χ0) is 17.5. The maximum atomic E-state index is 5.15. The Balaban J connectivity index is 1.78. The maximum absolute atomic E-state index is 5.15. The van der Waals surface area contributed by atoms with Gasteiger partial charge in [0.15, 0.2) is 0 Å². The second-order valence-electron chi connectivity index (χ2n) is 5.32. The van der Waals surface area contributed by atoms with Gasteiger partial charge in [0, 0.05) is 26.7 Å². The molecule has 0 aromatic heterocycles. The zero-order valence-corrected chi connectivity index (χ0v) is 15.3. The lowest BCUT2D eigenvalue weighted by Gasteiger charge is -1.97. The van der Waals surface area contributed by atoms with Crippen LogP contribution in [0.25, 0.3) is 0 Å². The minimum atomic E-state index is 0.829. The van der Waals surface area contributed by atoms with Gasteiger partial charge in [0.1, 0.15) is 5.75 Å². The van der Waals surface area contributed by atoms with E-state index in [0.717, 1.165) is 32.5 Å². The van der Waals surface area contributed by atoms with Crippen molar-refractivity contribution in [3.8, 4) is 29.4 Å². The van der Waals surface area contributed by atoms with Crippen molar-refractivity contribution in [3.05, 3.63) is 99.5 Å². The molecular weight excluding hydrogens is 372 g/mol. The van der Waals surface area contributed by atoms with Crippen LogP contribution in [0, 0.1) is 23.7 Å². The molecule has 3 aromatic carbocycles. The zero-order valence-electron chi connectivity index (χ0n) is 13.7. The number of methoxy groups -OCH3 is 1. The molecule has 0 saturated heterocycles. The highest BCUT2D eigenvalue weighted by molar-refractivity contribution is 9.10. The average molecular weight is 387 g/mol. The molecule has 25 heavy (non-hydrogen) atoms. The van der Waals surface area contributed by atoms with Gasteiger partial charge in [0.05, 0.1) is 7.11 Å². The van der Waals surface area contributed by atoms with Crippen molar-refractivity contribution in [3.63, 3.8) is 0 Å². The van der Waals surface area contributed by atoms with Crippen molar-refractivity contribution in [2.45, 2.75) is 0 Å². The van der Waals surface area contributed by atoms with E-state index in [2.05, 4.69) is 39.6 Å². The molecule has 3 aromatic rings. The number of hydrogen-bond acceptors (Lipinski definition) is 1. The Morgan fingerprint density at radius 2 is 1.12 bits per heavy atom. The molecule has 0 unspecified atom stereocenters. The van der Waals surface area contributed by atoms with Crippen molar-refractivity contribution < 1.29 is 4.74 Å². The van der Waals surface area contributed by atoms with Crippen LogP contribution in [-0.4, -0.2) is 7.11 Å². The molecule has 0 saturated carbocycles. The predicted octanol–water partition coefficient (Wildman–Crippen LogP) is 5.26. The minimum absolute atomic E-state index is 0.829. The van der Waals surface area contributed by atoms with Gasteiger partial charge in [-0.15, -0.1) is 0 Å². The van der Waals surface area contributed by atoms with Gasteiger partial charge in [-0.2, -0.15) is 0 Å². The Kier molecular flexibility index (Phi) is 5.57. The lowest BCUT2D eigenvalue weighted by molar-refractivity contribution is 0.415. The van der Waals surface area contributed by atoms with Gasteiger partial charge in [-0.1, -0.05) is 45.7 Å². The van der Waals surface area contributed by atoms with Gasteiger partial charge in [-0.25, -0.2) is 0 Å². The van der Waals surface area contributed by atoms with Crippen molar-refractivity contribution in [1.82, 2.24) is 0 Å². The van der Waals surface area contributed by atoms with E-state index in [4.69, 9.17) is 4.74 Å². The van der Waals surface area contributed by atoms with E-state index in [-0.39, 0.29) is 0 Å². The molecule has 0 bridgehead atoms. The summed E-state index contributed by atoms with van der Waals surface area (Å²) in [6.07, 6.45) is 0. The predicted molar refractivity (Wildman–Crippen MR) is 106 cm³/mol. The van der Waals surface area contributed by atoms with Crippen LogP contribution in [0.2, 0.25) is 0 Å². The van der Waals surface area contributed by atoms with E-state index in [1.165, 1.54) is 0 Å². The Bertz CT molecular complexity index is 978. The number of rotatable bonds is 1. The third kappa shape index (κ3) is 5.01. The summed E-state index contributed by atoms with van der Waals surface area (Å²) in [5.41, 5.74) is 3.83. The van der Waals surface area contributed by atoms with Crippen molar-refractivity contribution >= 4 is 15.9 Å². The third-order valence-electron chi connectivity index (χ3n) is 3.50. The summed E-state index contributed by atoms with van der Waals surface area (Å²) in [7, 11) is 1.65. The summed E-state index contributed by atoms with van der Waals surface area (Å²) in [5, 5.41) is 0. The summed E-state index contributed by atoms with van der Waals surface area (Å²) in [6, 6.07) is 23.6. The molecule has 0 aliphatic carbocycles. The number of benzene rings is 3. The van der Waals surface area contributed by atoms with Crippen molar-refractivity contribution in [1.29, 1.82) is 0 Å². The molecule has 1 nitrogen and oxygen atoms in total. The Hall–Kier alpha value is -2.94. The van der Waals surface area contributed by atoms with Crippen LogP contribution in [-0.2, 0) is 0 Å². The Labute approximate surface area is 156 Å². The first-order chi connectivity index (χ1) is 12.2. The first-order valence-electron chi connectivity index (χ1n) is 7.77. The summed E-state index contributed by atoms with van der Waals surface area (Å²) in [4.78, 5) is 0. The van der Waals surface area contributed by atoms with Crippen molar-refractivity contribution in [2.75, 3.05) is 7.11 Å². The quantitative estimate of drug-likeness (QED) is 0.518. The van der Waals surface area contributed by atoms with E-state index in [0.29, 0.717) is 0 Å². The van der Waals surface area contributed by atoms with Gasteiger partial charge < -0.3 is 4.74 Å². The molecule has 0 amide bonds. The SMILES string of the molecule is COc1ccc(C#Cc2cccc(C#Cc3ccc(Br)cc3)c2)cc1. The standard InChI is InChI=1S/C23H15BrO/c1-25-23-15-11-19(12-16-23)6-8-21-4-2-3-20(17-21)7-5-18-9-13-22(24)14-10-18/h2-4,9-17H,1H3. The highest BCUT2D eigenvalue weighted by Gasteiger charge is 1.93. The first kappa shape index (κ1) is 16.9. The minimum Gasteiger partial charge on any atom is -0.497 e. The van der Waals surface area contributed by atoms with Gasteiger partial charge >= 0.3 is 0 Å². The highest BCUT2D eigenvalue weighted by Crippen LogP contribution is 2.11. The van der Waals surface area contributed by atoms with E-state index < -0.39 is 0 Å². The fraction of sp³-hybridized carbons (Fsp3) is 0.0435. The molecule has 0 fully saturated rings. The van der Waals surface area contributed by atoms with E-state index in [1.807, 2.05) is 72.8 Å². The lowest BCUT2D eigenvalue weighted by atomic mass is 10.1. The van der Waals surface area contributed by atoms with Crippen LogP contribution in [0.1, 0.15) is 22.3 Å². The molecule has 0 atom stereocenters. The molecule has 3 rings (SSSR count). The van der Waals surface area contributed by atoms with Crippen molar-refractivity contribution in [2.24, 2.45) is 0 Å². The maximum Gasteiger partial charge on any atom is 0.118 e. The second-order valence-corrected chi connectivity index (χ2v) is 6.23. The van der Waals surface area contributed by atoms with E-state index >= 15 is 0 Å². The molecule has 0 aliphatic rings. The fourth-order valence-corrected chi connectivity index (χ4v) is 2.44. The summed E-state index contributed by atoms with van der Waals surface area (Å²) >= 11 is 3.43. The van der Waals surface area contributed by atoms with Crippen LogP contribution in [0.3, 0.4) is 0 Å². The molecule has 0 N–H and O–H groups in total. The van der Waals surface area contributed by atoms with Crippen LogP contribution >= 0.6 is 15.9 Å². The topological polar surface area (TPSA) is 9.23 Å². The highest BCUT2D eigenvalue weighted by atomic mass is 79.9. The van der Waals surface area contributed by atoms with Gasteiger partial charge in [0.2, 0.25) is 0 Å². The smallest absolute Gasteiger partial charge is 0.118 e. The molecule has 0 aliphatic heterocycles. The normalized spacial score (nSPS) is 9.36. The first-order valence-corrected chi connectivity index (χ1v) is 8.56. The molecule has 120 valence electrons. The molecular formula is C23H15BrO. The molecule has 2 heteroatoms. The Morgan fingerprint density at radius 1 is 0.640 bits per heavy atom. The van der Waals surface area contributed by atoms with Gasteiger partial charge in [-0.05, 0) is 66.7 Å². The van der Waals surface area contributed by atoms with Crippen LogP contribution in [0.5, 0.6) is 5.75 Å². The van der Waals surface area contributed by atoms with Crippen LogP contribution < -0.4 is 4.74 Å². The summed E-state index contributed by atoms with van der Waals surface area (Å²) in [6.45, 7) is 0. The average Bonchev–Trinajstić information content (AvgIpc) is 2.67. The van der Waals surface area contributed by atoms with E-state index in [9.17, 15) is 0 Å². The number of halogens is 1. The van der Waals surface area contributed by atoms with E-state index in [1.54, 1.807) is 7.11 Å². The monoisotopic (exact) mass is 386 g/mol. The number of ether oxygens (including phenoxy) is 1. The third-order valence-corrected chi connectivity index (χ3v) is 4.03.